The minimum absolute atomic E-state index is 0. The Morgan fingerprint density at radius 2 is 1.74 bits per heavy atom. The molecule has 1 unspecified atom stereocenters. The number of para-hydroxylation sites is 2. The fraction of sp³-hybridized carbons (Fsp3) is 0.300. The topological polar surface area (TPSA) is 72.9 Å². The molecule has 7 heteroatoms. The van der Waals surface area contributed by atoms with Crippen molar-refractivity contribution < 1.29 is 4.79 Å². The van der Waals surface area contributed by atoms with Crippen molar-refractivity contribution in [2.75, 3.05) is 6.54 Å². The van der Waals surface area contributed by atoms with Crippen LogP contribution in [-0.4, -0.2) is 22.0 Å². The van der Waals surface area contributed by atoms with Gasteiger partial charge in [0.15, 0.2) is 0 Å². The largest absolute Gasteiger partial charge is 0.354 e. The molecule has 0 radical (unpaired) electrons. The van der Waals surface area contributed by atoms with Crippen LogP contribution in [0.5, 0.6) is 0 Å². The monoisotopic (exact) mass is 408 g/mol. The first-order valence-corrected chi connectivity index (χ1v) is 8.53. The Kier molecular flexibility index (Phi) is 8.28. The second-order valence-electron chi connectivity index (χ2n) is 6.50. The summed E-state index contributed by atoms with van der Waals surface area (Å²) in [5.41, 5.74) is 8.13. The summed E-state index contributed by atoms with van der Waals surface area (Å²) < 4.78 is 2.11. The van der Waals surface area contributed by atoms with Crippen LogP contribution in [0.4, 0.5) is 0 Å². The molecule has 146 valence electrons. The third-order valence-electron chi connectivity index (χ3n) is 4.59. The van der Waals surface area contributed by atoms with Crippen molar-refractivity contribution in [2.24, 2.45) is 12.8 Å². The van der Waals surface area contributed by atoms with Crippen molar-refractivity contribution in [2.45, 2.75) is 25.3 Å². The van der Waals surface area contributed by atoms with Crippen LogP contribution in [0.15, 0.2) is 54.6 Å². The molecule has 2 aromatic carbocycles. The van der Waals surface area contributed by atoms with E-state index in [9.17, 15) is 4.79 Å². The fourth-order valence-electron chi connectivity index (χ4n) is 2.97. The summed E-state index contributed by atoms with van der Waals surface area (Å²) in [4.78, 5) is 17.1. The standard InChI is InChI=1S/C20H24N4O.2ClH/c1-20(21,15-9-4-3-5-10-15)19(25)22-14-8-13-18-23-16-11-6-7-12-17(16)24(18)2;;/h3-7,9-12H,8,13-14,21H2,1-2H3,(H,22,25);2*1H. The maximum atomic E-state index is 12.4. The second-order valence-corrected chi connectivity index (χ2v) is 6.50. The number of aryl methyl sites for hydroxylation is 2. The van der Waals surface area contributed by atoms with Gasteiger partial charge in [-0.3, -0.25) is 4.79 Å². The highest BCUT2D eigenvalue weighted by molar-refractivity contribution is 5.87. The van der Waals surface area contributed by atoms with E-state index in [0.29, 0.717) is 6.54 Å². The van der Waals surface area contributed by atoms with E-state index in [0.717, 1.165) is 35.3 Å². The normalized spacial score (nSPS) is 12.6. The predicted octanol–water partition coefficient (Wildman–Crippen LogP) is 3.34. The Morgan fingerprint density at radius 1 is 1.11 bits per heavy atom. The lowest BCUT2D eigenvalue weighted by Gasteiger charge is -2.24. The molecule has 0 aliphatic heterocycles. The van der Waals surface area contributed by atoms with E-state index in [4.69, 9.17) is 5.73 Å². The molecule has 0 spiro atoms. The molecule has 1 heterocycles. The molecule has 0 saturated carbocycles. The van der Waals surface area contributed by atoms with Gasteiger partial charge in [0.25, 0.3) is 0 Å². The highest BCUT2D eigenvalue weighted by Crippen LogP contribution is 2.18. The molecule has 0 aliphatic rings. The van der Waals surface area contributed by atoms with Crippen LogP contribution >= 0.6 is 24.8 Å². The summed E-state index contributed by atoms with van der Waals surface area (Å²) in [6.07, 6.45) is 1.62. The summed E-state index contributed by atoms with van der Waals surface area (Å²) in [6.45, 7) is 2.31. The van der Waals surface area contributed by atoms with Crippen LogP contribution < -0.4 is 11.1 Å². The van der Waals surface area contributed by atoms with Crippen LogP contribution in [-0.2, 0) is 23.8 Å². The Bertz CT molecular complexity index is 878. The average Bonchev–Trinajstić information content (AvgIpc) is 2.95. The molecule has 5 nitrogen and oxygen atoms in total. The maximum Gasteiger partial charge on any atom is 0.244 e. The molecule has 1 amide bonds. The smallest absolute Gasteiger partial charge is 0.244 e. The first-order valence-electron chi connectivity index (χ1n) is 8.53. The van der Waals surface area contributed by atoms with Crippen molar-refractivity contribution >= 4 is 41.8 Å². The number of imidazole rings is 1. The van der Waals surface area contributed by atoms with Gasteiger partial charge >= 0.3 is 0 Å². The number of aromatic nitrogens is 2. The number of carbonyl (C=O) groups is 1. The first-order chi connectivity index (χ1) is 12.0. The highest BCUT2D eigenvalue weighted by atomic mass is 35.5. The molecule has 1 aromatic heterocycles. The molecular weight excluding hydrogens is 383 g/mol. The molecule has 0 bridgehead atoms. The molecule has 3 N–H and O–H groups in total. The van der Waals surface area contributed by atoms with E-state index < -0.39 is 5.54 Å². The molecule has 27 heavy (non-hydrogen) atoms. The Morgan fingerprint density at radius 3 is 2.41 bits per heavy atom. The number of hydrogen-bond acceptors (Lipinski definition) is 3. The molecule has 0 aliphatic carbocycles. The van der Waals surface area contributed by atoms with Crippen LogP contribution in [0.1, 0.15) is 24.7 Å². The zero-order valence-corrected chi connectivity index (χ0v) is 17.1. The quantitative estimate of drug-likeness (QED) is 0.614. The van der Waals surface area contributed by atoms with Crippen molar-refractivity contribution in [3.63, 3.8) is 0 Å². The minimum atomic E-state index is -1.03. The van der Waals surface area contributed by atoms with Gasteiger partial charge in [-0.2, -0.15) is 0 Å². The maximum absolute atomic E-state index is 12.4. The number of benzene rings is 2. The number of rotatable bonds is 6. The van der Waals surface area contributed by atoms with Gasteiger partial charge in [0.05, 0.1) is 11.0 Å². The molecular formula is C20H26Cl2N4O. The van der Waals surface area contributed by atoms with Gasteiger partial charge in [-0.15, -0.1) is 24.8 Å². The van der Waals surface area contributed by atoms with E-state index in [1.54, 1.807) is 6.92 Å². The Balaban J connectivity index is 0.00000182. The SMILES string of the molecule is Cl.Cl.Cn1c(CCCNC(=O)C(C)(N)c2ccccc2)nc2ccccc21. The number of halogens is 2. The zero-order chi connectivity index (χ0) is 17.9. The molecule has 3 rings (SSSR count). The number of amides is 1. The summed E-state index contributed by atoms with van der Waals surface area (Å²) in [5, 5.41) is 2.94. The van der Waals surface area contributed by atoms with E-state index >= 15 is 0 Å². The highest BCUT2D eigenvalue weighted by Gasteiger charge is 2.29. The van der Waals surface area contributed by atoms with Crippen molar-refractivity contribution in [1.29, 1.82) is 0 Å². The van der Waals surface area contributed by atoms with Crippen LogP contribution in [0, 0.1) is 0 Å². The van der Waals surface area contributed by atoms with E-state index in [-0.39, 0.29) is 30.7 Å². The third kappa shape index (κ3) is 5.01. The number of nitrogens with zero attached hydrogens (tertiary/aromatic N) is 2. The van der Waals surface area contributed by atoms with Gasteiger partial charge in [0.2, 0.25) is 5.91 Å². The Hall–Kier alpha value is -2.08. The van der Waals surface area contributed by atoms with Gasteiger partial charge in [-0.1, -0.05) is 42.5 Å². The van der Waals surface area contributed by atoms with E-state index in [2.05, 4.69) is 20.9 Å². The van der Waals surface area contributed by atoms with Crippen LogP contribution in [0.3, 0.4) is 0 Å². The number of nitrogens with two attached hydrogens (primary N) is 1. The van der Waals surface area contributed by atoms with E-state index in [1.165, 1.54) is 0 Å². The number of nitrogens with one attached hydrogen (secondary N) is 1. The van der Waals surface area contributed by atoms with Gasteiger partial charge in [0.1, 0.15) is 11.4 Å². The Labute approximate surface area is 172 Å². The average molecular weight is 409 g/mol. The van der Waals surface area contributed by atoms with Crippen molar-refractivity contribution in [3.8, 4) is 0 Å². The van der Waals surface area contributed by atoms with Gasteiger partial charge in [-0.05, 0) is 31.0 Å². The molecule has 1 atom stereocenters. The van der Waals surface area contributed by atoms with Gasteiger partial charge in [-0.25, -0.2) is 4.98 Å². The lowest BCUT2D eigenvalue weighted by Crippen LogP contribution is -2.49. The summed E-state index contributed by atoms with van der Waals surface area (Å²) in [7, 11) is 2.02. The number of fused-ring (bicyclic) bond motifs is 1. The van der Waals surface area contributed by atoms with Crippen molar-refractivity contribution in [1.82, 2.24) is 14.9 Å². The first kappa shape index (κ1) is 23.0. The summed E-state index contributed by atoms with van der Waals surface area (Å²) in [6, 6.07) is 17.5. The third-order valence-corrected chi connectivity index (χ3v) is 4.59. The summed E-state index contributed by atoms with van der Waals surface area (Å²) in [5.74, 6) is 0.859. The van der Waals surface area contributed by atoms with Gasteiger partial charge < -0.3 is 15.6 Å². The zero-order valence-electron chi connectivity index (χ0n) is 15.5. The van der Waals surface area contributed by atoms with Crippen LogP contribution in [0.2, 0.25) is 0 Å². The lowest BCUT2D eigenvalue weighted by atomic mass is 9.92. The van der Waals surface area contributed by atoms with E-state index in [1.807, 2.05) is 55.6 Å². The fourth-order valence-corrected chi connectivity index (χ4v) is 2.97. The number of carbonyl (C=O) groups excluding carboxylic acids is 1. The minimum Gasteiger partial charge on any atom is -0.354 e. The molecule has 3 aromatic rings. The molecule has 0 fully saturated rings. The summed E-state index contributed by atoms with van der Waals surface area (Å²) >= 11 is 0. The van der Waals surface area contributed by atoms with Crippen LogP contribution in [0.25, 0.3) is 11.0 Å². The van der Waals surface area contributed by atoms with Gasteiger partial charge in [0, 0.05) is 20.0 Å². The van der Waals surface area contributed by atoms with Crippen molar-refractivity contribution in [3.05, 3.63) is 66.0 Å². The second kappa shape index (κ2) is 9.74. The predicted molar refractivity (Wildman–Crippen MR) is 115 cm³/mol. The lowest BCUT2D eigenvalue weighted by molar-refractivity contribution is -0.126. The number of hydrogen-bond donors (Lipinski definition) is 2. The molecule has 0 saturated heterocycles.